The molecule has 2 aliphatic rings. The van der Waals surface area contributed by atoms with Crippen molar-refractivity contribution in [3.8, 4) is 0 Å². The van der Waals surface area contributed by atoms with Crippen LogP contribution in [0.5, 0.6) is 0 Å². The van der Waals surface area contributed by atoms with Gasteiger partial charge in [-0.15, -0.1) is 0 Å². The Morgan fingerprint density at radius 1 is 1.10 bits per heavy atom. The summed E-state index contributed by atoms with van der Waals surface area (Å²) in [7, 11) is 0. The first-order valence-electron chi connectivity index (χ1n) is 7.85. The molecule has 0 aromatic rings. The van der Waals surface area contributed by atoms with Crippen LogP contribution < -0.4 is 5.32 Å². The number of carbonyl (C=O) groups excluding carboxylic acids is 2. The summed E-state index contributed by atoms with van der Waals surface area (Å²) in [6.07, 6.45) is 7.51. The van der Waals surface area contributed by atoms with Crippen LogP contribution in [0.25, 0.3) is 0 Å². The van der Waals surface area contributed by atoms with Crippen LogP contribution in [-0.4, -0.2) is 54.7 Å². The number of nitrogens with zero attached hydrogens (tertiary/aromatic N) is 2. The number of rotatable bonds is 2. The van der Waals surface area contributed by atoms with Crippen molar-refractivity contribution in [1.29, 1.82) is 0 Å². The quantitative estimate of drug-likeness (QED) is 0.850. The third-order valence-electron chi connectivity index (χ3n) is 3.99. The highest BCUT2D eigenvalue weighted by Gasteiger charge is 2.24. The number of urea groups is 1. The molecule has 0 spiro atoms. The molecule has 0 bridgehead atoms. The molecule has 1 heterocycles. The molecule has 0 radical (unpaired) electrons. The second-order valence-electron chi connectivity index (χ2n) is 5.49. The van der Waals surface area contributed by atoms with Gasteiger partial charge in [0.1, 0.15) is 0 Å². The van der Waals surface area contributed by atoms with Crippen molar-refractivity contribution in [2.45, 2.75) is 39.0 Å². The second kappa shape index (κ2) is 7.90. The van der Waals surface area contributed by atoms with E-state index in [0.717, 1.165) is 12.8 Å². The third kappa shape index (κ3) is 4.65. The van der Waals surface area contributed by atoms with E-state index in [1.807, 2.05) is 6.20 Å². The summed E-state index contributed by atoms with van der Waals surface area (Å²) >= 11 is 0. The molecule has 1 aliphatic carbocycles. The molecule has 0 unspecified atom stereocenters. The fourth-order valence-electron chi connectivity index (χ4n) is 2.71. The van der Waals surface area contributed by atoms with Gasteiger partial charge in [-0.2, -0.15) is 0 Å². The van der Waals surface area contributed by atoms with Crippen molar-refractivity contribution < 1.29 is 14.3 Å². The van der Waals surface area contributed by atoms with Gasteiger partial charge in [0.25, 0.3) is 0 Å². The molecule has 118 valence electrons. The van der Waals surface area contributed by atoms with Crippen molar-refractivity contribution in [1.82, 2.24) is 15.1 Å². The monoisotopic (exact) mass is 295 g/mol. The van der Waals surface area contributed by atoms with Gasteiger partial charge in [-0.3, -0.25) is 0 Å². The Labute approximate surface area is 126 Å². The summed E-state index contributed by atoms with van der Waals surface area (Å²) in [5.41, 5.74) is 1.33. The van der Waals surface area contributed by atoms with Gasteiger partial charge in [0.2, 0.25) is 0 Å². The first-order valence-corrected chi connectivity index (χ1v) is 7.85. The molecular weight excluding hydrogens is 270 g/mol. The number of allylic oxidation sites excluding steroid dienone is 1. The SMILES string of the molecule is CCOC(=O)N1CCN(C(=O)NC=C2CCCCC2)CC1. The van der Waals surface area contributed by atoms with Gasteiger partial charge in [0.05, 0.1) is 6.61 Å². The number of ether oxygens (including phenoxy) is 1. The van der Waals surface area contributed by atoms with E-state index in [0.29, 0.717) is 32.8 Å². The number of carbonyl (C=O) groups is 2. The van der Waals surface area contributed by atoms with Crippen LogP contribution in [0, 0.1) is 0 Å². The molecule has 2 fully saturated rings. The lowest BCUT2D eigenvalue weighted by molar-refractivity contribution is 0.0856. The van der Waals surface area contributed by atoms with Crippen LogP contribution >= 0.6 is 0 Å². The minimum atomic E-state index is -0.290. The maximum atomic E-state index is 12.1. The highest BCUT2D eigenvalue weighted by atomic mass is 16.6. The maximum absolute atomic E-state index is 12.1. The predicted molar refractivity (Wildman–Crippen MR) is 79.9 cm³/mol. The van der Waals surface area contributed by atoms with Crippen LogP contribution in [0.4, 0.5) is 9.59 Å². The van der Waals surface area contributed by atoms with Crippen LogP contribution in [0.15, 0.2) is 11.8 Å². The minimum absolute atomic E-state index is 0.0726. The zero-order valence-corrected chi connectivity index (χ0v) is 12.8. The highest BCUT2D eigenvalue weighted by Crippen LogP contribution is 2.21. The molecule has 6 heteroatoms. The molecule has 1 aliphatic heterocycles. The molecule has 3 amide bonds. The lowest BCUT2D eigenvalue weighted by Crippen LogP contribution is -2.52. The van der Waals surface area contributed by atoms with E-state index in [2.05, 4.69) is 5.32 Å². The van der Waals surface area contributed by atoms with Gasteiger partial charge >= 0.3 is 12.1 Å². The summed E-state index contributed by atoms with van der Waals surface area (Å²) in [6.45, 7) is 4.33. The normalized spacial score (nSPS) is 19.2. The van der Waals surface area contributed by atoms with Crippen molar-refractivity contribution >= 4 is 12.1 Å². The zero-order valence-electron chi connectivity index (χ0n) is 12.8. The Morgan fingerprint density at radius 3 is 2.33 bits per heavy atom. The summed E-state index contributed by atoms with van der Waals surface area (Å²) < 4.78 is 4.96. The van der Waals surface area contributed by atoms with Crippen LogP contribution in [0.3, 0.4) is 0 Å². The highest BCUT2D eigenvalue weighted by molar-refractivity contribution is 5.76. The molecule has 0 aromatic carbocycles. The average molecular weight is 295 g/mol. The smallest absolute Gasteiger partial charge is 0.409 e. The molecule has 2 rings (SSSR count). The van der Waals surface area contributed by atoms with Gasteiger partial charge in [-0.1, -0.05) is 12.0 Å². The number of hydrogen-bond acceptors (Lipinski definition) is 3. The summed E-state index contributed by atoms with van der Waals surface area (Å²) in [6, 6.07) is -0.0726. The Kier molecular flexibility index (Phi) is 5.90. The Bertz CT molecular complexity index is 393. The van der Waals surface area contributed by atoms with Gasteiger partial charge in [-0.25, -0.2) is 9.59 Å². The summed E-state index contributed by atoms with van der Waals surface area (Å²) in [4.78, 5) is 27.1. The van der Waals surface area contributed by atoms with E-state index in [1.54, 1.807) is 16.7 Å². The zero-order chi connectivity index (χ0) is 15.1. The first kappa shape index (κ1) is 15.7. The fourth-order valence-corrected chi connectivity index (χ4v) is 2.71. The van der Waals surface area contributed by atoms with Crippen molar-refractivity contribution in [3.05, 3.63) is 11.8 Å². The van der Waals surface area contributed by atoms with E-state index < -0.39 is 0 Å². The fraction of sp³-hybridized carbons (Fsp3) is 0.733. The van der Waals surface area contributed by atoms with Crippen LogP contribution in [0.1, 0.15) is 39.0 Å². The molecule has 0 aromatic heterocycles. The van der Waals surface area contributed by atoms with E-state index in [9.17, 15) is 9.59 Å². The molecule has 21 heavy (non-hydrogen) atoms. The third-order valence-corrected chi connectivity index (χ3v) is 3.99. The Hall–Kier alpha value is -1.72. The second-order valence-corrected chi connectivity index (χ2v) is 5.49. The first-order chi connectivity index (χ1) is 10.2. The van der Waals surface area contributed by atoms with Crippen molar-refractivity contribution in [2.75, 3.05) is 32.8 Å². The van der Waals surface area contributed by atoms with Crippen LogP contribution in [-0.2, 0) is 4.74 Å². The molecular formula is C15H25N3O3. The standard InChI is InChI=1S/C15H25N3O3/c1-2-21-15(20)18-10-8-17(9-11-18)14(19)16-12-13-6-4-3-5-7-13/h12H,2-11H2,1H3,(H,16,19). The van der Waals surface area contributed by atoms with Gasteiger partial charge in [0, 0.05) is 32.4 Å². The molecule has 1 saturated heterocycles. The maximum Gasteiger partial charge on any atom is 0.409 e. The molecule has 1 N–H and O–H groups in total. The minimum Gasteiger partial charge on any atom is -0.450 e. The molecule has 6 nitrogen and oxygen atoms in total. The van der Waals surface area contributed by atoms with E-state index >= 15 is 0 Å². The number of amides is 3. The Morgan fingerprint density at radius 2 is 1.71 bits per heavy atom. The topological polar surface area (TPSA) is 61.9 Å². The number of piperazine rings is 1. The van der Waals surface area contributed by atoms with Crippen LogP contribution in [0.2, 0.25) is 0 Å². The molecule has 1 saturated carbocycles. The van der Waals surface area contributed by atoms with E-state index in [4.69, 9.17) is 4.74 Å². The summed E-state index contributed by atoms with van der Waals surface area (Å²) in [5.74, 6) is 0. The summed E-state index contributed by atoms with van der Waals surface area (Å²) in [5, 5.41) is 2.88. The Balaban J connectivity index is 1.73. The average Bonchev–Trinajstić information content (AvgIpc) is 2.54. The number of nitrogens with one attached hydrogen (secondary N) is 1. The predicted octanol–water partition coefficient (Wildman–Crippen LogP) is 2.32. The molecule has 0 atom stereocenters. The van der Waals surface area contributed by atoms with Gasteiger partial charge in [0.15, 0.2) is 0 Å². The van der Waals surface area contributed by atoms with Gasteiger partial charge in [-0.05, 0) is 32.6 Å². The van der Waals surface area contributed by atoms with Crippen molar-refractivity contribution in [2.24, 2.45) is 0 Å². The lowest BCUT2D eigenvalue weighted by atomic mass is 9.96. The van der Waals surface area contributed by atoms with Crippen molar-refractivity contribution in [3.63, 3.8) is 0 Å². The van der Waals surface area contributed by atoms with Gasteiger partial charge < -0.3 is 19.9 Å². The van der Waals surface area contributed by atoms with E-state index in [-0.39, 0.29) is 12.1 Å². The largest absolute Gasteiger partial charge is 0.450 e. The number of hydrogen-bond donors (Lipinski definition) is 1. The van der Waals surface area contributed by atoms with E-state index in [1.165, 1.54) is 24.8 Å². The lowest BCUT2D eigenvalue weighted by Gasteiger charge is -2.33.